The molecular weight excluding hydrogens is 294 g/mol. The van der Waals surface area contributed by atoms with Crippen LogP contribution in [0.1, 0.15) is 17.0 Å². The number of aliphatic hydroxyl groups excluding tert-OH is 1. The van der Waals surface area contributed by atoms with Crippen LogP contribution in [0.15, 0.2) is 48.5 Å². The second kappa shape index (κ2) is 6.50. The van der Waals surface area contributed by atoms with Gasteiger partial charge in [0.1, 0.15) is 29.5 Å². The third-order valence-electron chi connectivity index (χ3n) is 3.48. The lowest BCUT2D eigenvalue weighted by molar-refractivity contribution is 0.263. The van der Waals surface area contributed by atoms with Crippen LogP contribution in [0.5, 0.6) is 11.5 Å². The standard InChI is InChI=1S/C17H17N3O3/c1-12-2-8-15(9-3-12)23-11-17-16(10-21)18-19-20(17)13-4-6-14(22)7-5-13/h2-9,21-22H,10-11H2,1H3. The molecule has 118 valence electrons. The molecule has 0 amide bonds. The van der Waals surface area contributed by atoms with E-state index in [-0.39, 0.29) is 19.0 Å². The molecule has 3 rings (SSSR count). The van der Waals surface area contributed by atoms with Crippen LogP contribution in [0.3, 0.4) is 0 Å². The molecule has 0 spiro atoms. The second-order valence-corrected chi connectivity index (χ2v) is 5.17. The van der Waals surface area contributed by atoms with Gasteiger partial charge in [-0.15, -0.1) is 5.10 Å². The highest BCUT2D eigenvalue weighted by Crippen LogP contribution is 2.19. The number of phenolic OH excluding ortho intramolecular Hbond substituents is 1. The SMILES string of the molecule is Cc1ccc(OCc2c(CO)nnn2-c2ccc(O)cc2)cc1. The summed E-state index contributed by atoms with van der Waals surface area (Å²) in [6, 6.07) is 14.3. The molecule has 0 radical (unpaired) electrons. The maximum atomic E-state index is 9.44. The number of aromatic hydroxyl groups is 1. The first-order chi connectivity index (χ1) is 11.2. The van der Waals surface area contributed by atoms with E-state index in [0.717, 1.165) is 17.0 Å². The predicted octanol–water partition coefficient (Wildman–Crippen LogP) is 2.35. The normalized spacial score (nSPS) is 10.7. The molecular formula is C17H17N3O3. The Morgan fingerprint density at radius 1 is 1.04 bits per heavy atom. The molecule has 0 fully saturated rings. The maximum Gasteiger partial charge on any atom is 0.132 e. The number of nitrogens with zero attached hydrogens (tertiary/aromatic N) is 3. The van der Waals surface area contributed by atoms with Crippen molar-refractivity contribution < 1.29 is 14.9 Å². The Morgan fingerprint density at radius 3 is 2.39 bits per heavy atom. The van der Waals surface area contributed by atoms with Gasteiger partial charge in [-0.1, -0.05) is 22.9 Å². The topological polar surface area (TPSA) is 80.4 Å². The van der Waals surface area contributed by atoms with Gasteiger partial charge in [0.2, 0.25) is 0 Å². The third kappa shape index (κ3) is 3.32. The summed E-state index contributed by atoms with van der Waals surface area (Å²) in [4.78, 5) is 0. The van der Waals surface area contributed by atoms with Gasteiger partial charge in [-0.3, -0.25) is 0 Å². The molecule has 0 unspecified atom stereocenters. The van der Waals surface area contributed by atoms with Crippen molar-refractivity contribution in [1.82, 2.24) is 15.0 Å². The zero-order valence-corrected chi connectivity index (χ0v) is 12.7. The number of ether oxygens (including phenoxy) is 1. The third-order valence-corrected chi connectivity index (χ3v) is 3.48. The summed E-state index contributed by atoms with van der Waals surface area (Å²) in [5.41, 5.74) is 3.02. The van der Waals surface area contributed by atoms with Crippen LogP contribution >= 0.6 is 0 Å². The zero-order chi connectivity index (χ0) is 16.2. The van der Waals surface area contributed by atoms with Crippen molar-refractivity contribution in [2.45, 2.75) is 20.1 Å². The number of benzene rings is 2. The molecule has 6 nitrogen and oxygen atoms in total. The van der Waals surface area contributed by atoms with Crippen LogP contribution in [0.2, 0.25) is 0 Å². The smallest absolute Gasteiger partial charge is 0.132 e. The number of hydrogen-bond donors (Lipinski definition) is 2. The van der Waals surface area contributed by atoms with Crippen LogP contribution in [0.25, 0.3) is 5.69 Å². The Morgan fingerprint density at radius 2 is 1.74 bits per heavy atom. The van der Waals surface area contributed by atoms with E-state index in [9.17, 15) is 10.2 Å². The number of phenols is 1. The van der Waals surface area contributed by atoms with E-state index in [1.54, 1.807) is 28.9 Å². The van der Waals surface area contributed by atoms with Crippen molar-refractivity contribution >= 4 is 0 Å². The number of rotatable bonds is 5. The van der Waals surface area contributed by atoms with E-state index < -0.39 is 0 Å². The monoisotopic (exact) mass is 311 g/mol. The second-order valence-electron chi connectivity index (χ2n) is 5.17. The minimum absolute atomic E-state index is 0.175. The molecule has 0 aliphatic carbocycles. The summed E-state index contributed by atoms with van der Waals surface area (Å²) in [6.07, 6.45) is 0. The van der Waals surface area contributed by atoms with Gasteiger partial charge in [-0.2, -0.15) is 0 Å². The first kappa shape index (κ1) is 15.1. The molecule has 0 saturated carbocycles. The van der Waals surface area contributed by atoms with Crippen LogP contribution in [0, 0.1) is 6.92 Å². The maximum absolute atomic E-state index is 9.44. The summed E-state index contributed by atoms with van der Waals surface area (Å²) >= 11 is 0. The molecule has 23 heavy (non-hydrogen) atoms. The molecule has 0 atom stereocenters. The van der Waals surface area contributed by atoms with Gasteiger partial charge in [0.25, 0.3) is 0 Å². The fraction of sp³-hybridized carbons (Fsp3) is 0.176. The van der Waals surface area contributed by atoms with Gasteiger partial charge in [0.15, 0.2) is 0 Å². The average Bonchev–Trinajstić information content (AvgIpc) is 2.98. The van der Waals surface area contributed by atoms with E-state index >= 15 is 0 Å². The molecule has 2 aromatic carbocycles. The molecule has 6 heteroatoms. The molecule has 2 N–H and O–H groups in total. The average molecular weight is 311 g/mol. The highest BCUT2D eigenvalue weighted by molar-refractivity contribution is 5.38. The van der Waals surface area contributed by atoms with E-state index in [1.165, 1.54) is 0 Å². The minimum Gasteiger partial charge on any atom is -0.508 e. The largest absolute Gasteiger partial charge is 0.508 e. The van der Waals surface area contributed by atoms with Crippen molar-refractivity contribution in [2.24, 2.45) is 0 Å². The van der Waals surface area contributed by atoms with Crippen LogP contribution in [-0.2, 0) is 13.2 Å². The molecule has 3 aromatic rings. The molecule has 1 heterocycles. The summed E-state index contributed by atoms with van der Waals surface area (Å²) in [5.74, 6) is 0.909. The Hall–Kier alpha value is -2.86. The van der Waals surface area contributed by atoms with Crippen molar-refractivity contribution in [3.63, 3.8) is 0 Å². The lowest BCUT2D eigenvalue weighted by Crippen LogP contribution is -2.07. The fourth-order valence-corrected chi connectivity index (χ4v) is 2.19. The lowest BCUT2D eigenvalue weighted by Gasteiger charge is -2.10. The highest BCUT2D eigenvalue weighted by atomic mass is 16.5. The lowest BCUT2D eigenvalue weighted by atomic mass is 10.2. The van der Waals surface area contributed by atoms with Crippen molar-refractivity contribution in [1.29, 1.82) is 0 Å². The van der Waals surface area contributed by atoms with Gasteiger partial charge >= 0.3 is 0 Å². The van der Waals surface area contributed by atoms with E-state index in [1.807, 2.05) is 31.2 Å². The van der Waals surface area contributed by atoms with Gasteiger partial charge < -0.3 is 14.9 Å². The van der Waals surface area contributed by atoms with Crippen molar-refractivity contribution in [2.75, 3.05) is 0 Å². The minimum atomic E-state index is -0.218. The molecule has 0 saturated heterocycles. The number of aryl methyl sites for hydroxylation is 1. The van der Waals surface area contributed by atoms with E-state index in [2.05, 4.69) is 10.3 Å². The van der Waals surface area contributed by atoms with Gasteiger partial charge in [-0.05, 0) is 43.3 Å². The predicted molar refractivity (Wildman–Crippen MR) is 84.5 cm³/mol. The van der Waals surface area contributed by atoms with Crippen LogP contribution < -0.4 is 4.74 Å². The number of aliphatic hydroxyl groups is 1. The molecule has 0 aliphatic rings. The first-order valence-corrected chi connectivity index (χ1v) is 7.20. The summed E-state index contributed by atoms with van der Waals surface area (Å²) < 4.78 is 7.37. The summed E-state index contributed by atoms with van der Waals surface area (Å²) in [7, 11) is 0. The molecule has 1 aromatic heterocycles. The number of hydrogen-bond acceptors (Lipinski definition) is 5. The Bertz CT molecular complexity index is 780. The van der Waals surface area contributed by atoms with Crippen LogP contribution in [0.4, 0.5) is 0 Å². The van der Waals surface area contributed by atoms with E-state index in [0.29, 0.717) is 11.4 Å². The fourth-order valence-electron chi connectivity index (χ4n) is 2.19. The summed E-state index contributed by atoms with van der Waals surface area (Å²) in [5, 5.41) is 26.9. The Kier molecular flexibility index (Phi) is 4.25. The Labute approximate surface area is 133 Å². The molecule has 0 aliphatic heterocycles. The van der Waals surface area contributed by atoms with Crippen molar-refractivity contribution in [3.8, 4) is 17.2 Å². The van der Waals surface area contributed by atoms with Crippen LogP contribution in [-0.4, -0.2) is 25.2 Å². The van der Waals surface area contributed by atoms with Crippen molar-refractivity contribution in [3.05, 3.63) is 65.5 Å². The highest BCUT2D eigenvalue weighted by Gasteiger charge is 2.14. The number of aromatic nitrogens is 3. The molecule has 0 bridgehead atoms. The summed E-state index contributed by atoms with van der Waals surface area (Å²) in [6.45, 7) is 2.02. The van der Waals surface area contributed by atoms with Gasteiger partial charge in [-0.25, -0.2) is 4.68 Å². The van der Waals surface area contributed by atoms with Gasteiger partial charge in [0.05, 0.1) is 12.3 Å². The Balaban J connectivity index is 1.86. The quantitative estimate of drug-likeness (QED) is 0.756. The zero-order valence-electron chi connectivity index (χ0n) is 12.7. The van der Waals surface area contributed by atoms with E-state index in [4.69, 9.17) is 4.74 Å². The first-order valence-electron chi connectivity index (χ1n) is 7.20. The van der Waals surface area contributed by atoms with Gasteiger partial charge in [0, 0.05) is 0 Å².